The van der Waals surface area contributed by atoms with Crippen molar-refractivity contribution in [1.29, 1.82) is 0 Å². The van der Waals surface area contributed by atoms with E-state index in [4.69, 9.17) is 0 Å². The van der Waals surface area contributed by atoms with Crippen molar-refractivity contribution in [2.24, 2.45) is 5.41 Å². The molecule has 0 fully saturated rings. The van der Waals surface area contributed by atoms with Gasteiger partial charge in [-0.05, 0) is 11.8 Å². The Bertz CT molecular complexity index is 241. The summed E-state index contributed by atoms with van der Waals surface area (Å²) in [5, 5.41) is 0. The lowest BCUT2D eigenvalue weighted by Crippen LogP contribution is -2.21. The molecular formula is C14H28O2Si. The molecule has 0 rings (SSSR count). The molecular weight excluding hydrogens is 228 g/mol. The first-order valence-corrected chi connectivity index (χ1v) is 10.2. The van der Waals surface area contributed by atoms with Crippen molar-refractivity contribution in [1.82, 2.24) is 0 Å². The van der Waals surface area contributed by atoms with E-state index >= 15 is 0 Å². The first-order chi connectivity index (χ1) is 7.49. The van der Waals surface area contributed by atoms with Crippen molar-refractivity contribution in [2.45, 2.75) is 72.1 Å². The van der Waals surface area contributed by atoms with E-state index in [2.05, 4.69) is 40.4 Å². The van der Waals surface area contributed by atoms with Crippen LogP contribution in [0.5, 0.6) is 0 Å². The number of Topliss-reactive ketones (excluding diaryl/α,β-unsaturated/α-hetero) is 2. The zero-order valence-corrected chi connectivity index (χ0v) is 13.4. The molecule has 0 aliphatic carbocycles. The van der Waals surface area contributed by atoms with Crippen molar-refractivity contribution in [3.05, 3.63) is 0 Å². The molecule has 0 N–H and O–H groups in total. The Kier molecular flexibility index (Phi) is 6.31. The second-order valence-corrected chi connectivity index (χ2v) is 13.0. The van der Waals surface area contributed by atoms with Crippen LogP contribution in [0.3, 0.4) is 0 Å². The van der Waals surface area contributed by atoms with Gasteiger partial charge >= 0.3 is 0 Å². The summed E-state index contributed by atoms with van der Waals surface area (Å²) in [7, 11) is -1.15. The molecule has 0 aliphatic heterocycles. The molecule has 0 aromatic heterocycles. The first-order valence-electron chi connectivity index (χ1n) is 6.53. The maximum Gasteiger partial charge on any atom is 0.140 e. The molecule has 0 aromatic carbocycles. The average Bonchev–Trinajstić information content (AvgIpc) is 2.09. The third-order valence-electron chi connectivity index (χ3n) is 2.70. The standard InChI is InChI=1S/C14H28O2Si/c1-14(2,3)9-7-12(15)11-13(16)8-10-17(4,5)6/h7-11H2,1-6H3. The fourth-order valence-electron chi connectivity index (χ4n) is 1.43. The van der Waals surface area contributed by atoms with E-state index in [1.165, 1.54) is 0 Å². The van der Waals surface area contributed by atoms with Gasteiger partial charge in [-0.15, -0.1) is 0 Å². The molecule has 0 spiro atoms. The van der Waals surface area contributed by atoms with E-state index in [0.717, 1.165) is 12.5 Å². The number of rotatable bonds is 7. The van der Waals surface area contributed by atoms with Crippen LogP contribution in [0, 0.1) is 5.41 Å². The minimum Gasteiger partial charge on any atom is -0.299 e. The van der Waals surface area contributed by atoms with E-state index in [1.54, 1.807) is 0 Å². The quantitative estimate of drug-likeness (QED) is 0.508. The van der Waals surface area contributed by atoms with Gasteiger partial charge < -0.3 is 0 Å². The van der Waals surface area contributed by atoms with Crippen molar-refractivity contribution in [2.75, 3.05) is 0 Å². The number of carbonyl (C=O) groups excluding carboxylic acids is 2. The predicted octanol–water partition coefficient (Wildman–Crippen LogP) is 4.07. The van der Waals surface area contributed by atoms with Crippen LogP contribution >= 0.6 is 0 Å². The van der Waals surface area contributed by atoms with Gasteiger partial charge in [-0.2, -0.15) is 0 Å². The van der Waals surface area contributed by atoms with Crippen LogP contribution in [-0.4, -0.2) is 19.6 Å². The van der Waals surface area contributed by atoms with E-state index in [9.17, 15) is 9.59 Å². The van der Waals surface area contributed by atoms with Crippen LogP contribution < -0.4 is 0 Å². The second-order valence-electron chi connectivity index (χ2n) is 7.38. The lowest BCUT2D eigenvalue weighted by molar-refractivity contribution is -0.127. The molecule has 100 valence electrons. The normalized spacial score (nSPS) is 12.6. The van der Waals surface area contributed by atoms with Crippen LogP contribution in [0.15, 0.2) is 0 Å². The minimum absolute atomic E-state index is 0.112. The number of hydrogen-bond donors (Lipinski definition) is 0. The Morgan fingerprint density at radius 3 is 1.82 bits per heavy atom. The largest absolute Gasteiger partial charge is 0.299 e. The maximum atomic E-state index is 11.6. The SMILES string of the molecule is CC(C)(C)CCC(=O)CC(=O)CC[Si](C)(C)C. The maximum absolute atomic E-state index is 11.6. The van der Waals surface area contributed by atoms with Gasteiger partial charge in [-0.3, -0.25) is 9.59 Å². The molecule has 0 bridgehead atoms. The Balaban J connectivity index is 3.86. The van der Waals surface area contributed by atoms with Crippen LogP contribution in [0.4, 0.5) is 0 Å². The summed E-state index contributed by atoms with van der Waals surface area (Å²) >= 11 is 0. The first kappa shape index (κ1) is 16.6. The summed E-state index contributed by atoms with van der Waals surface area (Å²) in [5.74, 6) is 0.242. The fourth-order valence-corrected chi connectivity index (χ4v) is 2.45. The van der Waals surface area contributed by atoms with Gasteiger partial charge in [0, 0.05) is 20.9 Å². The van der Waals surface area contributed by atoms with Gasteiger partial charge in [0.1, 0.15) is 11.6 Å². The fraction of sp³-hybridized carbons (Fsp3) is 0.857. The van der Waals surface area contributed by atoms with Gasteiger partial charge in [0.15, 0.2) is 0 Å². The van der Waals surface area contributed by atoms with Crippen LogP contribution in [0.25, 0.3) is 0 Å². The second kappa shape index (κ2) is 6.48. The zero-order chi connectivity index (χ0) is 13.7. The van der Waals surface area contributed by atoms with Gasteiger partial charge in [0.25, 0.3) is 0 Å². The van der Waals surface area contributed by atoms with Crippen molar-refractivity contribution in [3.8, 4) is 0 Å². The summed E-state index contributed by atoms with van der Waals surface area (Å²) in [6.45, 7) is 13.1. The highest BCUT2D eigenvalue weighted by Crippen LogP contribution is 2.21. The molecule has 0 saturated heterocycles. The Hall–Kier alpha value is -0.443. The third kappa shape index (κ3) is 11.8. The van der Waals surface area contributed by atoms with Crippen LogP contribution in [0.1, 0.15) is 46.5 Å². The van der Waals surface area contributed by atoms with E-state index < -0.39 is 8.07 Å². The lowest BCUT2D eigenvalue weighted by atomic mass is 9.89. The monoisotopic (exact) mass is 256 g/mol. The summed E-state index contributed by atoms with van der Waals surface area (Å²) in [5.41, 5.74) is 0.178. The molecule has 0 aliphatic rings. The molecule has 0 radical (unpaired) electrons. The summed E-state index contributed by atoms with van der Waals surface area (Å²) in [4.78, 5) is 23.2. The number of carbonyl (C=O) groups is 2. The average molecular weight is 256 g/mol. The molecule has 0 heterocycles. The van der Waals surface area contributed by atoms with Crippen molar-refractivity contribution in [3.63, 3.8) is 0 Å². The minimum atomic E-state index is -1.15. The van der Waals surface area contributed by atoms with E-state index in [1.807, 2.05) is 0 Å². The molecule has 0 atom stereocenters. The Labute approximate surface area is 107 Å². The number of ketones is 2. The Morgan fingerprint density at radius 1 is 0.941 bits per heavy atom. The topological polar surface area (TPSA) is 34.1 Å². The van der Waals surface area contributed by atoms with Crippen molar-refractivity contribution < 1.29 is 9.59 Å². The molecule has 0 unspecified atom stereocenters. The summed E-state index contributed by atoms with van der Waals surface area (Å²) in [6, 6.07) is 0.998. The highest BCUT2D eigenvalue weighted by Gasteiger charge is 2.18. The molecule has 3 heteroatoms. The van der Waals surface area contributed by atoms with Gasteiger partial charge in [0.2, 0.25) is 0 Å². The van der Waals surface area contributed by atoms with Gasteiger partial charge in [-0.25, -0.2) is 0 Å². The Morgan fingerprint density at radius 2 is 1.41 bits per heavy atom. The smallest absolute Gasteiger partial charge is 0.140 e. The third-order valence-corrected chi connectivity index (χ3v) is 4.45. The summed E-state index contributed by atoms with van der Waals surface area (Å²) in [6.07, 6.45) is 2.16. The van der Waals surface area contributed by atoms with Crippen LogP contribution in [0.2, 0.25) is 25.7 Å². The molecule has 0 aromatic rings. The van der Waals surface area contributed by atoms with Gasteiger partial charge in [-0.1, -0.05) is 46.5 Å². The molecule has 2 nitrogen and oxygen atoms in total. The van der Waals surface area contributed by atoms with Crippen molar-refractivity contribution >= 4 is 19.6 Å². The van der Waals surface area contributed by atoms with Gasteiger partial charge in [0.05, 0.1) is 6.42 Å². The van der Waals surface area contributed by atoms with E-state index in [0.29, 0.717) is 12.8 Å². The molecule has 0 amide bonds. The van der Waals surface area contributed by atoms with E-state index in [-0.39, 0.29) is 23.4 Å². The number of hydrogen-bond acceptors (Lipinski definition) is 2. The highest BCUT2D eigenvalue weighted by molar-refractivity contribution is 6.76. The van der Waals surface area contributed by atoms with Crippen LogP contribution in [-0.2, 0) is 9.59 Å². The summed E-state index contributed by atoms with van der Waals surface area (Å²) < 4.78 is 0. The lowest BCUT2D eigenvalue weighted by Gasteiger charge is -2.17. The zero-order valence-electron chi connectivity index (χ0n) is 12.4. The molecule has 0 saturated carbocycles. The molecule has 17 heavy (non-hydrogen) atoms. The highest BCUT2D eigenvalue weighted by atomic mass is 28.3. The predicted molar refractivity (Wildman–Crippen MR) is 76.1 cm³/mol.